The standard InChI is InChI=1S/C17H16ClNO3S/c1-19(2)12-16(17(20)13-6-4-3-5-7-13)23(21,22)15-10-8-14(18)9-11-15/h3-12H,1-2H3. The van der Waals surface area contributed by atoms with Crippen LogP contribution in [0.4, 0.5) is 0 Å². The van der Waals surface area contributed by atoms with Gasteiger partial charge in [-0.2, -0.15) is 0 Å². The average Bonchev–Trinajstić information content (AvgIpc) is 2.53. The highest BCUT2D eigenvalue weighted by atomic mass is 35.5. The molecule has 6 heteroatoms. The molecule has 0 atom stereocenters. The third kappa shape index (κ3) is 4.00. The Bertz CT molecular complexity index is 826. The minimum absolute atomic E-state index is 0.0271. The molecule has 0 spiro atoms. The number of hydrogen-bond donors (Lipinski definition) is 0. The number of Topliss-reactive ketones (excluding diaryl/α,β-unsaturated/α-hetero) is 1. The lowest BCUT2D eigenvalue weighted by Gasteiger charge is -2.12. The summed E-state index contributed by atoms with van der Waals surface area (Å²) >= 11 is 5.80. The number of carbonyl (C=O) groups excluding carboxylic acids is 1. The molecular weight excluding hydrogens is 334 g/mol. The van der Waals surface area contributed by atoms with Gasteiger partial charge in [-0.25, -0.2) is 8.42 Å². The first kappa shape index (κ1) is 17.2. The number of halogens is 1. The maximum Gasteiger partial charge on any atom is 0.211 e. The molecule has 0 N–H and O–H groups in total. The van der Waals surface area contributed by atoms with Crippen LogP contribution in [0, 0.1) is 0 Å². The van der Waals surface area contributed by atoms with Crippen LogP contribution in [0.25, 0.3) is 0 Å². The van der Waals surface area contributed by atoms with Gasteiger partial charge in [0.25, 0.3) is 0 Å². The van der Waals surface area contributed by atoms with E-state index in [2.05, 4.69) is 0 Å². The van der Waals surface area contributed by atoms with E-state index in [0.29, 0.717) is 10.6 Å². The topological polar surface area (TPSA) is 54.5 Å². The van der Waals surface area contributed by atoms with Gasteiger partial charge in [-0.05, 0) is 24.3 Å². The van der Waals surface area contributed by atoms with Crippen LogP contribution in [0.2, 0.25) is 5.02 Å². The SMILES string of the molecule is CN(C)C=C(C(=O)c1ccccc1)S(=O)(=O)c1ccc(Cl)cc1. The van der Waals surface area contributed by atoms with Crippen molar-refractivity contribution in [2.75, 3.05) is 14.1 Å². The zero-order valence-corrected chi connectivity index (χ0v) is 14.3. The molecule has 0 aliphatic carbocycles. The summed E-state index contributed by atoms with van der Waals surface area (Å²) in [5.41, 5.74) is 0.318. The predicted octanol–water partition coefficient (Wildman–Crippen LogP) is 3.40. The summed E-state index contributed by atoms with van der Waals surface area (Å²) in [5, 5.41) is 0.427. The minimum Gasteiger partial charge on any atom is -0.382 e. The molecular formula is C17H16ClNO3S. The van der Waals surface area contributed by atoms with Crippen LogP contribution < -0.4 is 0 Å². The van der Waals surface area contributed by atoms with E-state index < -0.39 is 15.6 Å². The van der Waals surface area contributed by atoms with Crippen molar-refractivity contribution in [2.24, 2.45) is 0 Å². The summed E-state index contributed by atoms with van der Waals surface area (Å²) in [7, 11) is -0.624. The van der Waals surface area contributed by atoms with Crippen LogP contribution in [0.5, 0.6) is 0 Å². The first-order valence-corrected chi connectivity index (χ1v) is 8.67. The molecule has 0 saturated carbocycles. The van der Waals surface area contributed by atoms with Gasteiger partial charge in [-0.3, -0.25) is 4.79 Å². The van der Waals surface area contributed by atoms with Crippen LogP contribution >= 0.6 is 11.6 Å². The zero-order valence-electron chi connectivity index (χ0n) is 12.7. The Morgan fingerprint density at radius 1 is 1.00 bits per heavy atom. The van der Waals surface area contributed by atoms with E-state index in [0.717, 1.165) is 0 Å². The third-order valence-corrected chi connectivity index (χ3v) is 5.06. The van der Waals surface area contributed by atoms with Crippen LogP contribution in [0.1, 0.15) is 10.4 Å². The number of sulfone groups is 1. The second-order valence-corrected chi connectivity index (χ2v) is 7.46. The fourth-order valence-corrected chi connectivity index (χ4v) is 3.54. The molecule has 23 heavy (non-hydrogen) atoms. The number of ketones is 1. The smallest absolute Gasteiger partial charge is 0.211 e. The summed E-state index contributed by atoms with van der Waals surface area (Å²) in [6.07, 6.45) is 1.32. The molecule has 0 aliphatic heterocycles. The van der Waals surface area contributed by atoms with Gasteiger partial charge in [0, 0.05) is 30.9 Å². The first-order valence-electron chi connectivity index (χ1n) is 6.81. The van der Waals surface area contributed by atoms with Crippen molar-refractivity contribution in [3.8, 4) is 0 Å². The highest BCUT2D eigenvalue weighted by Crippen LogP contribution is 2.24. The summed E-state index contributed by atoms with van der Waals surface area (Å²) in [5.74, 6) is -0.547. The fourth-order valence-electron chi connectivity index (χ4n) is 1.96. The fraction of sp³-hybridized carbons (Fsp3) is 0.118. The van der Waals surface area contributed by atoms with Crippen molar-refractivity contribution in [2.45, 2.75) is 4.90 Å². The van der Waals surface area contributed by atoms with E-state index >= 15 is 0 Å². The van der Waals surface area contributed by atoms with Crippen molar-refractivity contribution in [1.82, 2.24) is 4.90 Å². The lowest BCUT2D eigenvalue weighted by Crippen LogP contribution is -2.18. The number of rotatable bonds is 5. The molecule has 0 radical (unpaired) electrons. The molecule has 2 aromatic rings. The van der Waals surface area contributed by atoms with Crippen molar-refractivity contribution in [3.63, 3.8) is 0 Å². The van der Waals surface area contributed by atoms with E-state index in [1.807, 2.05) is 0 Å². The molecule has 120 valence electrons. The molecule has 0 saturated heterocycles. The molecule has 2 rings (SSSR count). The van der Waals surface area contributed by atoms with Gasteiger partial charge < -0.3 is 4.90 Å². The molecule has 0 heterocycles. The van der Waals surface area contributed by atoms with Crippen LogP contribution in [0.3, 0.4) is 0 Å². The van der Waals surface area contributed by atoms with Gasteiger partial charge in [0.1, 0.15) is 4.91 Å². The van der Waals surface area contributed by atoms with E-state index in [1.54, 1.807) is 44.4 Å². The number of benzene rings is 2. The molecule has 4 nitrogen and oxygen atoms in total. The first-order chi connectivity index (χ1) is 10.8. The molecule has 0 bridgehead atoms. The average molecular weight is 350 g/mol. The van der Waals surface area contributed by atoms with Crippen LogP contribution in [-0.4, -0.2) is 33.2 Å². The largest absolute Gasteiger partial charge is 0.382 e. The highest BCUT2D eigenvalue weighted by Gasteiger charge is 2.28. The minimum atomic E-state index is -3.95. The van der Waals surface area contributed by atoms with Crippen molar-refractivity contribution >= 4 is 27.2 Å². The number of nitrogens with zero attached hydrogens (tertiary/aromatic N) is 1. The normalized spacial score (nSPS) is 12.0. The maximum absolute atomic E-state index is 12.8. The Balaban J connectivity index is 2.55. The third-order valence-electron chi connectivity index (χ3n) is 3.05. The maximum atomic E-state index is 12.8. The van der Waals surface area contributed by atoms with E-state index in [9.17, 15) is 13.2 Å². The van der Waals surface area contributed by atoms with Gasteiger partial charge in [0.15, 0.2) is 0 Å². The van der Waals surface area contributed by atoms with Gasteiger partial charge in [0.2, 0.25) is 15.6 Å². The summed E-state index contributed by atoms with van der Waals surface area (Å²) in [4.78, 5) is 13.9. The van der Waals surface area contributed by atoms with Crippen LogP contribution in [-0.2, 0) is 9.84 Å². The molecule has 0 fully saturated rings. The van der Waals surface area contributed by atoms with E-state index in [4.69, 9.17) is 11.6 Å². The Morgan fingerprint density at radius 2 is 1.57 bits per heavy atom. The van der Waals surface area contributed by atoms with Crippen molar-refractivity contribution < 1.29 is 13.2 Å². The van der Waals surface area contributed by atoms with Gasteiger partial charge in [-0.1, -0.05) is 41.9 Å². The number of carbonyl (C=O) groups is 1. The zero-order chi connectivity index (χ0) is 17.0. The molecule has 2 aromatic carbocycles. The van der Waals surface area contributed by atoms with E-state index in [-0.39, 0.29) is 9.80 Å². The number of allylic oxidation sites excluding steroid dienone is 1. The summed E-state index contributed by atoms with van der Waals surface area (Å²) in [6, 6.07) is 14.1. The molecule has 0 aliphatic rings. The van der Waals surface area contributed by atoms with Gasteiger partial charge in [0.05, 0.1) is 4.90 Å². The highest BCUT2D eigenvalue weighted by molar-refractivity contribution is 7.96. The van der Waals surface area contributed by atoms with Gasteiger partial charge >= 0.3 is 0 Å². The van der Waals surface area contributed by atoms with Crippen LogP contribution in [0.15, 0.2) is 70.6 Å². The second-order valence-electron chi connectivity index (χ2n) is 5.11. The Hall–Kier alpha value is -2.11. The summed E-state index contributed by atoms with van der Waals surface area (Å²) in [6.45, 7) is 0. The quantitative estimate of drug-likeness (QED) is 0.613. The lowest BCUT2D eigenvalue weighted by molar-refractivity contribution is 0.104. The van der Waals surface area contributed by atoms with Crippen molar-refractivity contribution in [3.05, 3.63) is 76.3 Å². The Kier molecular flexibility index (Phi) is 5.23. The van der Waals surface area contributed by atoms with Crippen molar-refractivity contribution in [1.29, 1.82) is 0 Å². The Labute approximate surface area is 140 Å². The monoisotopic (exact) mass is 349 g/mol. The lowest BCUT2D eigenvalue weighted by atomic mass is 10.1. The Morgan fingerprint density at radius 3 is 2.09 bits per heavy atom. The number of hydrogen-bond acceptors (Lipinski definition) is 4. The molecule has 0 aromatic heterocycles. The molecule has 0 unspecified atom stereocenters. The summed E-state index contributed by atoms with van der Waals surface area (Å²) < 4.78 is 25.7. The van der Waals surface area contributed by atoms with E-state index in [1.165, 1.54) is 35.4 Å². The van der Waals surface area contributed by atoms with Gasteiger partial charge in [-0.15, -0.1) is 0 Å². The predicted molar refractivity (Wildman–Crippen MR) is 91.2 cm³/mol. The molecule has 0 amide bonds. The second kappa shape index (κ2) is 6.98.